The van der Waals surface area contributed by atoms with Crippen LogP contribution in [0.4, 0.5) is 20.3 Å². The molecule has 0 saturated carbocycles. The number of aromatic nitrogens is 4. The van der Waals surface area contributed by atoms with E-state index in [0.29, 0.717) is 17.1 Å². The van der Waals surface area contributed by atoms with Gasteiger partial charge in [0.05, 0.1) is 35.7 Å². The van der Waals surface area contributed by atoms with Gasteiger partial charge >= 0.3 is 0 Å². The molecular weight excluding hydrogens is 508 g/mol. The van der Waals surface area contributed by atoms with E-state index in [2.05, 4.69) is 15.3 Å². The monoisotopic (exact) mass is 533 g/mol. The summed E-state index contributed by atoms with van der Waals surface area (Å²) < 4.78 is 36.1. The molecule has 2 aromatic heterocycles. The lowest BCUT2D eigenvalue weighted by molar-refractivity contribution is -0.119. The highest BCUT2D eigenvalue weighted by atomic mass is 19.1. The Balaban J connectivity index is 1.73. The molecule has 0 fully saturated rings. The molecule has 0 saturated heterocycles. The van der Waals surface area contributed by atoms with E-state index in [1.165, 1.54) is 25.3 Å². The zero-order valence-corrected chi connectivity index (χ0v) is 21.4. The second-order valence-electron chi connectivity index (χ2n) is 9.32. The van der Waals surface area contributed by atoms with E-state index in [-0.39, 0.29) is 41.5 Å². The standard InChI is InChI=1S/C27H25F2N7O3/c1-34(2)14-21-24-25(33-36(21)16-9-7-15(30)8-10-16)18(13-17-19(28)5-4-6-20(17)29)26(37)35(27(24)38)22-11-12-23(39-3)32-31-22/h4-12,18H,13-14,30H2,1-3H3. The number of rotatable bonds is 7. The average molecular weight is 534 g/mol. The summed E-state index contributed by atoms with van der Waals surface area (Å²) in [6.45, 7) is 0.273. The Kier molecular flexibility index (Phi) is 6.79. The fraction of sp³-hybridized carbons (Fsp3) is 0.222. The van der Waals surface area contributed by atoms with E-state index >= 15 is 0 Å². The topological polar surface area (TPSA) is 119 Å². The number of amides is 2. The van der Waals surface area contributed by atoms with Gasteiger partial charge in [0.2, 0.25) is 11.8 Å². The predicted octanol–water partition coefficient (Wildman–Crippen LogP) is 3.11. The van der Waals surface area contributed by atoms with Crippen molar-refractivity contribution in [2.45, 2.75) is 18.9 Å². The molecule has 0 spiro atoms. The maximum absolute atomic E-state index is 14.7. The molecule has 0 radical (unpaired) electrons. The molecule has 5 rings (SSSR count). The number of nitrogen functional groups attached to an aromatic ring is 1. The van der Waals surface area contributed by atoms with Gasteiger partial charge in [0.1, 0.15) is 11.6 Å². The van der Waals surface area contributed by atoms with E-state index < -0.39 is 29.4 Å². The van der Waals surface area contributed by atoms with Crippen molar-refractivity contribution in [3.05, 3.63) is 88.7 Å². The molecule has 3 heterocycles. The van der Waals surface area contributed by atoms with Gasteiger partial charge in [-0.2, -0.15) is 5.10 Å². The lowest BCUT2D eigenvalue weighted by atomic mass is 9.87. The van der Waals surface area contributed by atoms with Crippen LogP contribution in [0.3, 0.4) is 0 Å². The molecular formula is C27H25F2N7O3. The third-order valence-corrected chi connectivity index (χ3v) is 6.41. The Morgan fingerprint density at radius 3 is 2.28 bits per heavy atom. The number of nitrogens with two attached hydrogens (primary N) is 1. The zero-order chi connectivity index (χ0) is 27.8. The van der Waals surface area contributed by atoms with Crippen LogP contribution in [0.25, 0.3) is 5.69 Å². The molecule has 10 nitrogen and oxygen atoms in total. The van der Waals surface area contributed by atoms with Crippen LogP contribution in [-0.2, 0) is 17.8 Å². The van der Waals surface area contributed by atoms with Crippen LogP contribution in [-0.4, -0.2) is 57.9 Å². The predicted molar refractivity (Wildman–Crippen MR) is 139 cm³/mol. The third kappa shape index (κ3) is 4.70. The van der Waals surface area contributed by atoms with E-state index in [4.69, 9.17) is 10.5 Å². The van der Waals surface area contributed by atoms with Gasteiger partial charge in [0.15, 0.2) is 5.82 Å². The second kappa shape index (κ2) is 10.2. The lowest BCUT2D eigenvalue weighted by Gasteiger charge is -2.29. The highest BCUT2D eigenvalue weighted by Crippen LogP contribution is 2.37. The van der Waals surface area contributed by atoms with E-state index in [0.717, 1.165) is 17.0 Å². The SMILES string of the molecule is COc1ccc(N2C(=O)c3c(nn(-c4ccc(N)cc4)c3CN(C)C)C(Cc3c(F)cccc3F)C2=O)nn1. The Bertz CT molecular complexity index is 1530. The van der Waals surface area contributed by atoms with Crippen molar-refractivity contribution < 1.29 is 23.1 Å². The maximum Gasteiger partial charge on any atom is 0.270 e. The molecule has 2 N–H and O–H groups in total. The van der Waals surface area contributed by atoms with Crippen molar-refractivity contribution in [1.29, 1.82) is 0 Å². The van der Waals surface area contributed by atoms with E-state index in [9.17, 15) is 18.4 Å². The molecule has 1 atom stereocenters. The Labute approximate surface area is 222 Å². The summed E-state index contributed by atoms with van der Waals surface area (Å²) in [6.07, 6.45) is -0.363. The summed E-state index contributed by atoms with van der Waals surface area (Å²) >= 11 is 0. The number of carbonyl (C=O) groups is 2. The van der Waals surface area contributed by atoms with Crippen LogP contribution < -0.4 is 15.4 Å². The molecule has 2 amide bonds. The average Bonchev–Trinajstić information content (AvgIpc) is 3.27. The highest BCUT2D eigenvalue weighted by Gasteiger charge is 2.45. The van der Waals surface area contributed by atoms with Gasteiger partial charge < -0.3 is 15.4 Å². The van der Waals surface area contributed by atoms with Crippen molar-refractivity contribution in [2.24, 2.45) is 0 Å². The molecule has 0 bridgehead atoms. The van der Waals surface area contributed by atoms with Crippen molar-refractivity contribution >= 4 is 23.3 Å². The first-order valence-corrected chi connectivity index (χ1v) is 12.0. The first-order chi connectivity index (χ1) is 18.7. The first-order valence-electron chi connectivity index (χ1n) is 12.0. The number of hydrogen-bond acceptors (Lipinski definition) is 8. The third-order valence-electron chi connectivity index (χ3n) is 6.41. The Morgan fingerprint density at radius 1 is 1.00 bits per heavy atom. The van der Waals surface area contributed by atoms with Gasteiger partial charge in [0.25, 0.3) is 5.91 Å². The summed E-state index contributed by atoms with van der Waals surface area (Å²) in [7, 11) is 5.06. The lowest BCUT2D eigenvalue weighted by Crippen LogP contribution is -2.46. The molecule has 2 aromatic carbocycles. The number of imide groups is 1. The van der Waals surface area contributed by atoms with E-state index in [1.807, 2.05) is 19.0 Å². The minimum absolute atomic E-state index is 0.0495. The fourth-order valence-electron chi connectivity index (χ4n) is 4.58. The summed E-state index contributed by atoms with van der Waals surface area (Å²) in [6, 6.07) is 13.2. The molecule has 1 aliphatic rings. The summed E-state index contributed by atoms with van der Waals surface area (Å²) in [4.78, 5) is 30.6. The number of methoxy groups -OCH3 is 1. The number of carbonyl (C=O) groups excluding carboxylic acids is 2. The maximum atomic E-state index is 14.7. The summed E-state index contributed by atoms with van der Waals surface area (Å²) in [5.74, 6) is -4.06. The van der Waals surface area contributed by atoms with Crippen LogP contribution in [0.2, 0.25) is 0 Å². The first kappa shape index (κ1) is 25.9. The largest absolute Gasteiger partial charge is 0.480 e. The van der Waals surface area contributed by atoms with Crippen molar-refractivity contribution in [3.8, 4) is 11.6 Å². The molecule has 1 aliphatic heterocycles. The Morgan fingerprint density at radius 2 is 1.69 bits per heavy atom. The van der Waals surface area contributed by atoms with Crippen LogP contribution >= 0.6 is 0 Å². The quantitative estimate of drug-likeness (QED) is 0.284. The van der Waals surface area contributed by atoms with Crippen LogP contribution in [0.15, 0.2) is 54.6 Å². The van der Waals surface area contributed by atoms with Gasteiger partial charge in [-0.1, -0.05) is 6.07 Å². The second-order valence-corrected chi connectivity index (χ2v) is 9.32. The smallest absolute Gasteiger partial charge is 0.270 e. The van der Waals surface area contributed by atoms with Crippen molar-refractivity contribution in [2.75, 3.05) is 31.8 Å². The van der Waals surface area contributed by atoms with Gasteiger partial charge in [-0.3, -0.25) is 9.59 Å². The molecule has 12 heteroatoms. The minimum Gasteiger partial charge on any atom is -0.480 e. The summed E-state index contributed by atoms with van der Waals surface area (Å²) in [5.41, 5.74) is 7.48. The van der Waals surface area contributed by atoms with E-state index in [1.54, 1.807) is 28.9 Å². The van der Waals surface area contributed by atoms with Crippen LogP contribution in [0.1, 0.15) is 33.2 Å². The number of benzene rings is 2. The normalized spacial score (nSPS) is 15.1. The summed E-state index contributed by atoms with van der Waals surface area (Å²) in [5, 5.41) is 12.6. The molecule has 39 heavy (non-hydrogen) atoms. The number of hydrogen-bond donors (Lipinski definition) is 1. The molecule has 200 valence electrons. The number of nitrogens with zero attached hydrogens (tertiary/aromatic N) is 6. The number of ether oxygens (including phenoxy) is 1. The Hall–Kier alpha value is -4.71. The number of anilines is 2. The van der Waals surface area contributed by atoms with Crippen LogP contribution in [0.5, 0.6) is 5.88 Å². The van der Waals surface area contributed by atoms with Gasteiger partial charge in [-0.15, -0.1) is 10.2 Å². The highest BCUT2D eigenvalue weighted by molar-refractivity contribution is 6.26. The van der Waals surface area contributed by atoms with Crippen molar-refractivity contribution in [3.63, 3.8) is 0 Å². The minimum atomic E-state index is -1.19. The molecule has 1 unspecified atom stereocenters. The number of halogens is 2. The van der Waals surface area contributed by atoms with Gasteiger partial charge in [0, 0.05) is 23.9 Å². The molecule has 4 aromatic rings. The van der Waals surface area contributed by atoms with Crippen molar-refractivity contribution in [1.82, 2.24) is 24.9 Å². The number of fused-ring (bicyclic) bond motifs is 1. The molecule has 0 aliphatic carbocycles. The zero-order valence-electron chi connectivity index (χ0n) is 21.4. The van der Waals surface area contributed by atoms with Gasteiger partial charge in [-0.25, -0.2) is 18.4 Å². The van der Waals surface area contributed by atoms with Crippen LogP contribution in [0, 0.1) is 11.6 Å². The fourth-order valence-corrected chi connectivity index (χ4v) is 4.58. The van der Waals surface area contributed by atoms with Gasteiger partial charge in [-0.05, 0) is 63.0 Å².